The first-order chi connectivity index (χ1) is 9.31. The molecule has 4 N–H and O–H groups in total. The van der Waals surface area contributed by atoms with Crippen molar-refractivity contribution in [1.82, 2.24) is 0 Å². The van der Waals surface area contributed by atoms with E-state index in [-0.39, 0.29) is 0 Å². The van der Waals surface area contributed by atoms with Crippen LogP contribution in [0.5, 0.6) is 0 Å². The first kappa shape index (κ1) is 17.9. The number of carboxylic acids is 3. The second-order valence-corrected chi connectivity index (χ2v) is 4.48. The van der Waals surface area contributed by atoms with Crippen LogP contribution < -0.4 is 0 Å². The van der Waals surface area contributed by atoms with E-state index in [0.717, 1.165) is 12.8 Å². The third kappa shape index (κ3) is 6.21. The van der Waals surface area contributed by atoms with Gasteiger partial charge < -0.3 is 20.4 Å². The molecule has 0 amide bonds. The van der Waals surface area contributed by atoms with Crippen LogP contribution in [0.25, 0.3) is 0 Å². The zero-order valence-electron chi connectivity index (χ0n) is 11.3. The summed E-state index contributed by atoms with van der Waals surface area (Å²) in [6.07, 6.45) is 4.46. The fourth-order valence-corrected chi connectivity index (χ4v) is 2.00. The number of aliphatic carboxylic acids is 3. The van der Waals surface area contributed by atoms with Crippen molar-refractivity contribution in [3.8, 4) is 0 Å². The van der Waals surface area contributed by atoms with Gasteiger partial charge in [0.05, 0.1) is 11.8 Å². The van der Waals surface area contributed by atoms with E-state index in [2.05, 4.69) is 0 Å². The lowest BCUT2D eigenvalue weighted by molar-refractivity contribution is -0.155. The summed E-state index contributed by atoms with van der Waals surface area (Å²) < 4.78 is 0. The highest BCUT2D eigenvalue weighted by Crippen LogP contribution is 2.30. The van der Waals surface area contributed by atoms with Crippen LogP contribution in [-0.2, 0) is 14.4 Å². The van der Waals surface area contributed by atoms with Gasteiger partial charge in [-0.1, -0.05) is 19.8 Å². The van der Waals surface area contributed by atoms with E-state index in [1.165, 1.54) is 6.08 Å². The van der Waals surface area contributed by atoms with Crippen LogP contribution in [0.2, 0.25) is 0 Å². The van der Waals surface area contributed by atoms with Crippen molar-refractivity contribution < 1.29 is 34.8 Å². The molecule has 114 valence electrons. The standard InChI is InChI=1S/C8H12O4.C5H8O3/c9-7(10)5-3-1-2-4-6(5)8(11)12;1-2-3-4(6)5(7)8/h5-6H,1-4H2,(H,9,10)(H,11,12);3,6H,2H2,1H3,(H,7,8)/b;4-3-. The summed E-state index contributed by atoms with van der Waals surface area (Å²) in [5, 5.41) is 33.8. The third-order valence-electron chi connectivity index (χ3n) is 3.02. The average Bonchev–Trinajstić information content (AvgIpc) is 2.39. The van der Waals surface area contributed by atoms with Gasteiger partial charge in [0.15, 0.2) is 5.76 Å². The molecule has 0 saturated heterocycles. The van der Waals surface area contributed by atoms with Gasteiger partial charge in [-0.15, -0.1) is 0 Å². The van der Waals surface area contributed by atoms with Crippen molar-refractivity contribution in [2.24, 2.45) is 11.8 Å². The first-order valence-electron chi connectivity index (χ1n) is 6.39. The van der Waals surface area contributed by atoms with Crippen LogP contribution >= 0.6 is 0 Å². The Morgan fingerprint density at radius 1 is 0.950 bits per heavy atom. The molecule has 1 rings (SSSR count). The predicted molar refractivity (Wildman–Crippen MR) is 69.4 cm³/mol. The van der Waals surface area contributed by atoms with Crippen LogP contribution in [-0.4, -0.2) is 38.3 Å². The number of carboxylic acid groups (broad SMARTS) is 3. The van der Waals surface area contributed by atoms with Crippen molar-refractivity contribution in [3.05, 3.63) is 11.8 Å². The Kier molecular flexibility index (Phi) is 8.03. The summed E-state index contributed by atoms with van der Waals surface area (Å²) in [6, 6.07) is 0. The second kappa shape index (κ2) is 8.95. The molecule has 0 aromatic carbocycles. The molecular weight excluding hydrogens is 268 g/mol. The average molecular weight is 288 g/mol. The van der Waals surface area contributed by atoms with Gasteiger partial charge in [-0.25, -0.2) is 4.79 Å². The first-order valence-corrected chi connectivity index (χ1v) is 6.39. The minimum absolute atomic E-state index is 0.506. The molecule has 1 saturated carbocycles. The normalized spacial score (nSPS) is 22.4. The van der Waals surface area contributed by atoms with Crippen molar-refractivity contribution >= 4 is 17.9 Å². The van der Waals surface area contributed by atoms with Gasteiger partial charge in [0, 0.05) is 0 Å². The molecule has 0 aliphatic heterocycles. The lowest BCUT2D eigenvalue weighted by Gasteiger charge is -2.24. The molecule has 0 spiro atoms. The maximum atomic E-state index is 10.6. The quantitative estimate of drug-likeness (QED) is 0.458. The van der Waals surface area contributed by atoms with Gasteiger partial charge in [-0.05, 0) is 25.3 Å². The van der Waals surface area contributed by atoms with Crippen molar-refractivity contribution in [2.45, 2.75) is 39.0 Å². The molecule has 20 heavy (non-hydrogen) atoms. The van der Waals surface area contributed by atoms with E-state index in [4.69, 9.17) is 20.4 Å². The SMILES string of the molecule is CC/C=C(\O)C(=O)O.O=C(O)C1CCCCC1C(=O)O. The largest absolute Gasteiger partial charge is 0.502 e. The fourth-order valence-electron chi connectivity index (χ4n) is 2.00. The zero-order chi connectivity index (χ0) is 15.7. The van der Waals surface area contributed by atoms with Gasteiger partial charge >= 0.3 is 17.9 Å². The molecule has 1 aliphatic rings. The van der Waals surface area contributed by atoms with Gasteiger partial charge in [0.2, 0.25) is 0 Å². The van der Waals surface area contributed by atoms with E-state index in [1.807, 2.05) is 0 Å². The summed E-state index contributed by atoms with van der Waals surface area (Å²) in [7, 11) is 0. The van der Waals surface area contributed by atoms with Gasteiger partial charge in [0.25, 0.3) is 0 Å². The molecule has 1 fully saturated rings. The number of hydrogen-bond acceptors (Lipinski definition) is 4. The van der Waals surface area contributed by atoms with Crippen LogP contribution in [0, 0.1) is 11.8 Å². The molecule has 1 aliphatic carbocycles. The lowest BCUT2D eigenvalue weighted by atomic mass is 9.79. The summed E-state index contributed by atoms with van der Waals surface area (Å²) in [5.74, 6) is -5.13. The van der Waals surface area contributed by atoms with E-state index in [0.29, 0.717) is 19.3 Å². The Hall–Kier alpha value is -2.05. The molecule has 0 bridgehead atoms. The summed E-state index contributed by atoms with van der Waals surface area (Å²) >= 11 is 0. The van der Waals surface area contributed by atoms with Crippen molar-refractivity contribution in [3.63, 3.8) is 0 Å². The van der Waals surface area contributed by atoms with Gasteiger partial charge in [0.1, 0.15) is 0 Å². The maximum Gasteiger partial charge on any atom is 0.370 e. The van der Waals surface area contributed by atoms with Gasteiger partial charge in [-0.2, -0.15) is 0 Å². The number of aliphatic hydroxyl groups is 1. The molecule has 0 aromatic heterocycles. The maximum absolute atomic E-state index is 10.6. The van der Waals surface area contributed by atoms with E-state index in [1.54, 1.807) is 6.92 Å². The molecule has 7 heteroatoms. The summed E-state index contributed by atoms with van der Waals surface area (Å²) in [6.45, 7) is 1.75. The Bertz CT molecular complexity index is 364. The monoisotopic (exact) mass is 288 g/mol. The molecule has 2 unspecified atom stereocenters. The third-order valence-corrected chi connectivity index (χ3v) is 3.02. The molecule has 0 radical (unpaired) electrons. The van der Waals surface area contributed by atoms with Crippen molar-refractivity contribution in [1.29, 1.82) is 0 Å². The predicted octanol–water partition coefficient (Wildman–Crippen LogP) is 1.88. The minimum Gasteiger partial charge on any atom is -0.502 e. The Balaban J connectivity index is 0.000000396. The Labute approximate surface area is 116 Å². The van der Waals surface area contributed by atoms with Crippen LogP contribution in [0.15, 0.2) is 11.8 Å². The Morgan fingerprint density at radius 3 is 1.55 bits per heavy atom. The molecule has 7 nitrogen and oxygen atoms in total. The van der Waals surface area contributed by atoms with Crippen LogP contribution in [0.4, 0.5) is 0 Å². The molecule has 0 aromatic rings. The smallest absolute Gasteiger partial charge is 0.370 e. The molecular formula is C13H20O7. The summed E-state index contributed by atoms with van der Waals surface area (Å²) in [4.78, 5) is 31.0. The highest BCUT2D eigenvalue weighted by molar-refractivity contribution is 5.83. The zero-order valence-corrected chi connectivity index (χ0v) is 11.3. The number of hydrogen-bond donors (Lipinski definition) is 4. The number of carbonyl (C=O) groups is 3. The number of rotatable bonds is 4. The fraction of sp³-hybridized carbons (Fsp3) is 0.615. The molecule has 0 heterocycles. The van der Waals surface area contributed by atoms with E-state index in [9.17, 15) is 14.4 Å². The highest BCUT2D eigenvalue weighted by atomic mass is 16.4. The van der Waals surface area contributed by atoms with Crippen LogP contribution in [0.1, 0.15) is 39.0 Å². The lowest BCUT2D eigenvalue weighted by Crippen LogP contribution is -2.32. The van der Waals surface area contributed by atoms with Crippen molar-refractivity contribution in [2.75, 3.05) is 0 Å². The van der Waals surface area contributed by atoms with E-state index >= 15 is 0 Å². The number of allylic oxidation sites excluding steroid dienone is 1. The molecule has 2 atom stereocenters. The number of aliphatic hydroxyl groups excluding tert-OH is 1. The van der Waals surface area contributed by atoms with Gasteiger partial charge in [-0.3, -0.25) is 9.59 Å². The highest BCUT2D eigenvalue weighted by Gasteiger charge is 2.35. The summed E-state index contributed by atoms with van der Waals surface area (Å²) in [5.41, 5.74) is 0. The van der Waals surface area contributed by atoms with Crippen LogP contribution in [0.3, 0.4) is 0 Å². The van der Waals surface area contributed by atoms with E-state index < -0.39 is 35.5 Å². The second-order valence-electron chi connectivity index (χ2n) is 4.48. The minimum atomic E-state index is -1.27. The Morgan fingerprint density at radius 2 is 1.35 bits per heavy atom. The topological polar surface area (TPSA) is 132 Å².